The summed E-state index contributed by atoms with van der Waals surface area (Å²) in [5.74, 6) is 0. The molecule has 0 atom stereocenters. The van der Waals surface area contributed by atoms with Gasteiger partial charge in [-0.3, -0.25) is 0 Å². The van der Waals surface area contributed by atoms with Gasteiger partial charge in [-0.1, -0.05) is 0 Å². The first-order valence-electron chi connectivity index (χ1n) is 1.15. The number of rotatable bonds is 0. The summed E-state index contributed by atoms with van der Waals surface area (Å²) < 4.78 is 4.53. The Bertz CT molecular complexity index is 18.9. The summed E-state index contributed by atoms with van der Waals surface area (Å²) >= 11 is 0. The molecular formula is C2H8OSi2. The van der Waals surface area contributed by atoms with Crippen molar-refractivity contribution in [3.8, 4) is 12.8 Å². The van der Waals surface area contributed by atoms with Crippen LogP contribution >= 0.6 is 0 Å². The third-order valence-electron chi connectivity index (χ3n) is 0. The Morgan fingerprint density at radius 1 is 1.20 bits per heavy atom. The molecule has 0 amide bonds. The molecule has 0 aromatic rings. The Kier molecular flexibility index (Phi) is 67.3. The van der Waals surface area contributed by atoms with Crippen molar-refractivity contribution in [1.82, 2.24) is 0 Å². The lowest BCUT2D eigenvalue weighted by Crippen LogP contribution is -1.65. The predicted molar refractivity (Wildman–Crippen MR) is 30.9 cm³/mol. The lowest BCUT2D eigenvalue weighted by molar-refractivity contribution is 0.690. The van der Waals surface area contributed by atoms with E-state index in [-0.39, 0.29) is 0 Å². The second-order valence-electron chi connectivity index (χ2n) is 0.408. The zero-order valence-corrected chi connectivity index (χ0v) is 7.56. The molecule has 0 aliphatic heterocycles. The van der Waals surface area contributed by atoms with Crippen molar-refractivity contribution < 1.29 is 4.12 Å². The van der Waals surface area contributed by atoms with E-state index in [0.717, 1.165) is 21.0 Å². The van der Waals surface area contributed by atoms with Gasteiger partial charge in [0.15, 0.2) is 0 Å². The van der Waals surface area contributed by atoms with Crippen LogP contribution in [0.5, 0.6) is 0 Å². The number of terminal acetylenes is 1. The van der Waals surface area contributed by atoms with Gasteiger partial charge in [0.1, 0.15) is 21.0 Å². The van der Waals surface area contributed by atoms with Crippen LogP contribution in [0.4, 0.5) is 0 Å². The molecule has 0 aromatic carbocycles. The molecular weight excluding hydrogens is 96.2 g/mol. The summed E-state index contributed by atoms with van der Waals surface area (Å²) in [4.78, 5) is 0. The summed E-state index contributed by atoms with van der Waals surface area (Å²) in [5.41, 5.74) is 0. The van der Waals surface area contributed by atoms with Gasteiger partial charge in [-0.05, 0) is 0 Å². The maximum atomic E-state index is 4.53. The van der Waals surface area contributed by atoms with Crippen molar-refractivity contribution in [2.24, 2.45) is 0 Å². The molecule has 0 aliphatic carbocycles. The largest absolute Gasteiger partial charge is 0.471 e. The van der Waals surface area contributed by atoms with E-state index in [1.807, 2.05) is 0 Å². The minimum Gasteiger partial charge on any atom is -0.471 e. The molecule has 0 fully saturated rings. The van der Waals surface area contributed by atoms with Crippen LogP contribution in [0.15, 0.2) is 0 Å². The minimum atomic E-state index is 0.931. The van der Waals surface area contributed by atoms with Gasteiger partial charge in [0, 0.05) is 0 Å². The molecule has 3 heteroatoms. The van der Waals surface area contributed by atoms with Gasteiger partial charge >= 0.3 is 0 Å². The van der Waals surface area contributed by atoms with Gasteiger partial charge < -0.3 is 4.12 Å². The SMILES string of the molecule is C#C.[SiH3]O[SiH3]. The fourth-order valence-corrected chi connectivity index (χ4v) is 0. The predicted octanol–water partition coefficient (Wildman–Crippen LogP) is -2.19. The molecule has 0 spiro atoms. The van der Waals surface area contributed by atoms with E-state index in [0.29, 0.717) is 0 Å². The van der Waals surface area contributed by atoms with E-state index in [1.54, 1.807) is 0 Å². The third-order valence-corrected chi connectivity index (χ3v) is 0. The molecule has 0 bridgehead atoms. The van der Waals surface area contributed by atoms with Crippen LogP contribution < -0.4 is 0 Å². The van der Waals surface area contributed by atoms with Crippen molar-refractivity contribution in [2.75, 3.05) is 0 Å². The quantitative estimate of drug-likeness (QED) is 0.251. The Balaban J connectivity index is 0. The Morgan fingerprint density at radius 2 is 1.20 bits per heavy atom. The average molecular weight is 104 g/mol. The summed E-state index contributed by atoms with van der Waals surface area (Å²) in [5, 5.41) is 0. The molecule has 30 valence electrons. The van der Waals surface area contributed by atoms with Crippen LogP contribution in [-0.4, -0.2) is 21.0 Å². The summed E-state index contributed by atoms with van der Waals surface area (Å²) in [6.07, 6.45) is 8.00. The molecule has 0 saturated heterocycles. The second-order valence-corrected chi connectivity index (χ2v) is 3.67. The van der Waals surface area contributed by atoms with Crippen molar-refractivity contribution in [3.05, 3.63) is 0 Å². The maximum Gasteiger partial charge on any atom is 0.129 e. The minimum absolute atomic E-state index is 0.931. The molecule has 0 aromatic heterocycles. The van der Waals surface area contributed by atoms with Crippen molar-refractivity contribution >= 4 is 21.0 Å². The molecule has 1 nitrogen and oxygen atoms in total. The molecule has 0 aliphatic rings. The molecule has 0 N–H and O–H groups in total. The van der Waals surface area contributed by atoms with Crippen molar-refractivity contribution in [3.63, 3.8) is 0 Å². The lowest BCUT2D eigenvalue weighted by Gasteiger charge is -1.62. The van der Waals surface area contributed by atoms with Crippen LogP contribution in [0.3, 0.4) is 0 Å². The van der Waals surface area contributed by atoms with E-state index in [4.69, 9.17) is 0 Å². The highest BCUT2D eigenvalue weighted by molar-refractivity contribution is 6.15. The van der Waals surface area contributed by atoms with Crippen molar-refractivity contribution in [2.45, 2.75) is 0 Å². The van der Waals surface area contributed by atoms with Crippen LogP contribution in [0, 0.1) is 12.8 Å². The van der Waals surface area contributed by atoms with Gasteiger partial charge in [0.25, 0.3) is 0 Å². The Morgan fingerprint density at radius 3 is 1.20 bits per heavy atom. The highest BCUT2D eigenvalue weighted by atomic mass is 28.3. The zero-order valence-electron chi connectivity index (χ0n) is 3.56. The zero-order chi connectivity index (χ0) is 4.71. The van der Waals surface area contributed by atoms with Gasteiger partial charge in [-0.2, -0.15) is 0 Å². The van der Waals surface area contributed by atoms with Crippen LogP contribution in [0.2, 0.25) is 0 Å². The average Bonchev–Trinajstić information content (AvgIpc) is 1.46. The highest BCUT2D eigenvalue weighted by Crippen LogP contribution is 1.20. The van der Waals surface area contributed by atoms with Gasteiger partial charge in [-0.15, -0.1) is 12.8 Å². The van der Waals surface area contributed by atoms with E-state index in [2.05, 4.69) is 17.0 Å². The van der Waals surface area contributed by atoms with E-state index in [9.17, 15) is 0 Å². The molecule has 0 rings (SSSR count). The standard InChI is InChI=1S/C2H2.H6OSi2/c1-2;2-1-3/h1-2H;2-3H3. The smallest absolute Gasteiger partial charge is 0.129 e. The van der Waals surface area contributed by atoms with Gasteiger partial charge in [-0.25, -0.2) is 0 Å². The first-order chi connectivity index (χ1) is 2.41. The molecule has 0 heterocycles. The maximum absolute atomic E-state index is 4.53. The first kappa shape index (κ1) is 8.88. The van der Waals surface area contributed by atoms with Gasteiger partial charge in [0.2, 0.25) is 0 Å². The summed E-state index contributed by atoms with van der Waals surface area (Å²) in [6.45, 7) is 0. The normalized spacial score (nSPS) is 5.20. The van der Waals surface area contributed by atoms with E-state index >= 15 is 0 Å². The summed E-state index contributed by atoms with van der Waals surface area (Å²) in [6, 6.07) is 0. The van der Waals surface area contributed by atoms with Crippen LogP contribution in [0.25, 0.3) is 0 Å². The van der Waals surface area contributed by atoms with E-state index in [1.165, 1.54) is 0 Å². The van der Waals surface area contributed by atoms with Crippen LogP contribution in [-0.2, 0) is 4.12 Å². The number of hydrogen-bond acceptors (Lipinski definition) is 1. The third kappa shape index (κ3) is 7060. The monoisotopic (exact) mass is 104 g/mol. The fourth-order valence-electron chi connectivity index (χ4n) is 0. The molecule has 0 unspecified atom stereocenters. The molecule has 5 heavy (non-hydrogen) atoms. The van der Waals surface area contributed by atoms with Crippen molar-refractivity contribution in [1.29, 1.82) is 0 Å². The first-order valence-corrected chi connectivity index (χ1v) is 2.78. The Labute approximate surface area is 38.8 Å². The molecule has 0 saturated carbocycles. The fraction of sp³-hybridized carbons (Fsp3) is 0. The van der Waals surface area contributed by atoms with Crippen LogP contribution in [0.1, 0.15) is 0 Å². The topological polar surface area (TPSA) is 9.23 Å². The molecule has 0 radical (unpaired) electrons. The summed E-state index contributed by atoms with van der Waals surface area (Å²) in [7, 11) is 1.86. The van der Waals surface area contributed by atoms with Gasteiger partial charge in [0.05, 0.1) is 0 Å². The Hall–Kier alpha value is -0.0462. The van der Waals surface area contributed by atoms with E-state index < -0.39 is 0 Å². The second kappa shape index (κ2) is 37.9. The number of hydrogen-bond donors (Lipinski definition) is 0. The lowest BCUT2D eigenvalue weighted by atomic mass is 11.4. The highest BCUT2D eigenvalue weighted by Gasteiger charge is 1.28.